The highest BCUT2D eigenvalue weighted by Gasteiger charge is 2.19. The first kappa shape index (κ1) is 14.5. The minimum atomic E-state index is 0. The van der Waals surface area contributed by atoms with E-state index in [0.29, 0.717) is 0 Å². The van der Waals surface area contributed by atoms with Crippen LogP contribution in [0.2, 0.25) is 0 Å². The highest BCUT2D eigenvalue weighted by molar-refractivity contribution is 4.71. The van der Waals surface area contributed by atoms with Gasteiger partial charge in [-0.15, -0.1) is 0 Å². The summed E-state index contributed by atoms with van der Waals surface area (Å²) in [7, 11) is 0. The second-order valence-electron chi connectivity index (χ2n) is 3.43. The van der Waals surface area contributed by atoms with Crippen molar-refractivity contribution in [1.29, 1.82) is 0 Å². The molecule has 1 fully saturated rings. The first-order valence-electron chi connectivity index (χ1n) is 5.34. The third-order valence-electron chi connectivity index (χ3n) is 2.85. The topological polar surface area (TPSA) is 0 Å². The van der Waals surface area contributed by atoms with Crippen molar-refractivity contribution in [2.24, 2.45) is 11.8 Å². The van der Waals surface area contributed by atoms with Gasteiger partial charge in [0.05, 0.1) is 0 Å². The molecule has 0 aromatic rings. The van der Waals surface area contributed by atoms with E-state index in [1.54, 1.807) is 0 Å². The molecule has 0 saturated heterocycles. The Balaban J connectivity index is 0. The van der Waals surface area contributed by atoms with E-state index in [0.717, 1.165) is 11.8 Å². The van der Waals surface area contributed by atoms with Gasteiger partial charge in [0.1, 0.15) is 0 Å². The van der Waals surface area contributed by atoms with Gasteiger partial charge in [0, 0.05) is 0 Å². The van der Waals surface area contributed by atoms with Gasteiger partial charge in [0.2, 0.25) is 0 Å². The monoisotopic (exact) mass is 172 g/mol. The molecule has 0 heteroatoms. The van der Waals surface area contributed by atoms with Crippen molar-refractivity contribution in [3.05, 3.63) is 0 Å². The second-order valence-corrected chi connectivity index (χ2v) is 3.43. The van der Waals surface area contributed by atoms with Crippen LogP contribution in [0.4, 0.5) is 0 Å². The molecule has 0 heterocycles. The van der Waals surface area contributed by atoms with Gasteiger partial charge in [-0.2, -0.15) is 0 Å². The quantitative estimate of drug-likeness (QED) is 0.556. The van der Waals surface area contributed by atoms with Crippen molar-refractivity contribution in [3.8, 4) is 0 Å². The predicted octanol–water partition coefficient (Wildman–Crippen LogP) is 4.89. The standard InChI is InChI=1S/C9H18.C2H6.CH4/c1-3-8(2)9-6-4-5-7-9;1-2;/h8-9H,3-7H2,1-2H3;1-2H3;1H4. The molecule has 76 valence electrons. The van der Waals surface area contributed by atoms with E-state index in [4.69, 9.17) is 0 Å². The molecule has 0 aromatic carbocycles. The van der Waals surface area contributed by atoms with E-state index < -0.39 is 0 Å². The van der Waals surface area contributed by atoms with Gasteiger partial charge < -0.3 is 0 Å². The molecular formula is C12H28. The van der Waals surface area contributed by atoms with Crippen molar-refractivity contribution in [1.82, 2.24) is 0 Å². The number of hydrogen-bond acceptors (Lipinski definition) is 0. The molecule has 0 N–H and O–H groups in total. The zero-order valence-corrected chi connectivity index (χ0v) is 8.69. The fraction of sp³-hybridized carbons (Fsp3) is 1.00. The predicted molar refractivity (Wildman–Crippen MR) is 59.5 cm³/mol. The molecule has 0 aliphatic heterocycles. The SMILES string of the molecule is C.CC.CCC(C)C1CCCC1. The Morgan fingerprint density at radius 1 is 1.17 bits per heavy atom. The third kappa shape index (κ3) is 4.79. The van der Waals surface area contributed by atoms with E-state index in [1.807, 2.05) is 13.8 Å². The van der Waals surface area contributed by atoms with E-state index >= 15 is 0 Å². The van der Waals surface area contributed by atoms with Crippen LogP contribution in [0.25, 0.3) is 0 Å². The van der Waals surface area contributed by atoms with Crippen LogP contribution in [0.1, 0.15) is 67.2 Å². The van der Waals surface area contributed by atoms with Gasteiger partial charge in [-0.3, -0.25) is 0 Å². The fourth-order valence-electron chi connectivity index (χ4n) is 1.86. The van der Waals surface area contributed by atoms with Gasteiger partial charge in [-0.25, -0.2) is 0 Å². The van der Waals surface area contributed by atoms with Crippen LogP contribution in [-0.4, -0.2) is 0 Å². The van der Waals surface area contributed by atoms with Crippen molar-refractivity contribution >= 4 is 0 Å². The van der Waals surface area contributed by atoms with Gasteiger partial charge in [0.15, 0.2) is 0 Å². The number of hydrogen-bond donors (Lipinski definition) is 0. The summed E-state index contributed by atoms with van der Waals surface area (Å²) in [6.45, 7) is 8.71. The Morgan fingerprint density at radius 3 is 1.92 bits per heavy atom. The molecule has 0 amide bonds. The minimum absolute atomic E-state index is 0. The molecule has 1 aliphatic rings. The van der Waals surface area contributed by atoms with E-state index in [-0.39, 0.29) is 7.43 Å². The molecule has 1 saturated carbocycles. The van der Waals surface area contributed by atoms with Crippen molar-refractivity contribution in [2.75, 3.05) is 0 Å². The van der Waals surface area contributed by atoms with Crippen LogP contribution in [0.15, 0.2) is 0 Å². The van der Waals surface area contributed by atoms with Crippen molar-refractivity contribution in [3.63, 3.8) is 0 Å². The summed E-state index contributed by atoms with van der Waals surface area (Å²) in [6, 6.07) is 0. The summed E-state index contributed by atoms with van der Waals surface area (Å²) in [5.74, 6) is 2.07. The normalized spacial score (nSPS) is 19.0. The Bertz CT molecular complexity index is 70.1. The van der Waals surface area contributed by atoms with Crippen LogP contribution in [-0.2, 0) is 0 Å². The van der Waals surface area contributed by atoms with Crippen LogP contribution in [0.3, 0.4) is 0 Å². The molecule has 1 unspecified atom stereocenters. The van der Waals surface area contributed by atoms with Gasteiger partial charge in [-0.05, 0) is 11.8 Å². The zero-order chi connectivity index (χ0) is 8.69. The average molecular weight is 172 g/mol. The molecule has 0 nitrogen and oxygen atoms in total. The lowest BCUT2D eigenvalue weighted by Gasteiger charge is -2.15. The molecule has 0 spiro atoms. The second kappa shape index (κ2) is 9.09. The van der Waals surface area contributed by atoms with Crippen molar-refractivity contribution in [2.45, 2.75) is 67.2 Å². The summed E-state index contributed by atoms with van der Waals surface area (Å²) < 4.78 is 0. The molecular weight excluding hydrogens is 144 g/mol. The van der Waals surface area contributed by atoms with Crippen molar-refractivity contribution < 1.29 is 0 Å². The summed E-state index contributed by atoms with van der Waals surface area (Å²) in [5.41, 5.74) is 0. The van der Waals surface area contributed by atoms with Crippen LogP contribution >= 0.6 is 0 Å². The van der Waals surface area contributed by atoms with Gasteiger partial charge in [-0.1, -0.05) is 67.2 Å². The summed E-state index contributed by atoms with van der Waals surface area (Å²) in [5, 5.41) is 0. The molecule has 1 atom stereocenters. The van der Waals surface area contributed by atoms with Crippen LogP contribution < -0.4 is 0 Å². The molecule has 1 aliphatic carbocycles. The third-order valence-corrected chi connectivity index (χ3v) is 2.85. The summed E-state index contributed by atoms with van der Waals surface area (Å²) >= 11 is 0. The maximum absolute atomic E-state index is 2.40. The Hall–Kier alpha value is 0. The fourth-order valence-corrected chi connectivity index (χ4v) is 1.86. The largest absolute Gasteiger partial charge is 0.0776 e. The van der Waals surface area contributed by atoms with Gasteiger partial charge >= 0.3 is 0 Å². The molecule has 0 bridgehead atoms. The zero-order valence-electron chi connectivity index (χ0n) is 8.69. The first-order chi connectivity index (χ1) is 5.34. The van der Waals surface area contributed by atoms with Gasteiger partial charge in [0.25, 0.3) is 0 Å². The minimum Gasteiger partial charge on any atom is -0.0776 e. The number of rotatable bonds is 2. The Morgan fingerprint density at radius 2 is 1.58 bits per heavy atom. The lowest BCUT2D eigenvalue weighted by molar-refractivity contribution is 0.357. The highest BCUT2D eigenvalue weighted by atomic mass is 14.2. The smallest absolute Gasteiger partial charge is 0.0389 e. The van der Waals surface area contributed by atoms with Crippen LogP contribution in [0.5, 0.6) is 0 Å². The molecule has 12 heavy (non-hydrogen) atoms. The van der Waals surface area contributed by atoms with E-state index in [9.17, 15) is 0 Å². The van der Waals surface area contributed by atoms with E-state index in [1.165, 1.54) is 32.1 Å². The lowest BCUT2D eigenvalue weighted by atomic mass is 9.91. The highest BCUT2D eigenvalue weighted by Crippen LogP contribution is 2.32. The van der Waals surface area contributed by atoms with Crippen LogP contribution in [0, 0.1) is 11.8 Å². The summed E-state index contributed by atoms with van der Waals surface area (Å²) in [4.78, 5) is 0. The molecule has 0 radical (unpaired) electrons. The summed E-state index contributed by atoms with van der Waals surface area (Å²) in [6.07, 6.45) is 7.39. The van der Waals surface area contributed by atoms with E-state index in [2.05, 4.69) is 13.8 Å². The molecule has 1 rings (SSSR count). The Kier molecular flexibility index (Phi) is 11.0. The maximum Gasteiger partial charge on any atom is -0.0389 e. The first-order valence-corrected chi connectivity index (χ1v) is 5.34. The lowest BCUT2D eigenvalue weighted by Crippen LogP contribution is -2.05. The molecule has 0 aromatic heterocycles. The Labute approximate surface area is 79.8 Å². The maximum atomic E-state index is 2.40. The average Bonchev–Trinajstić information content (AvgIpc) is 2.59.